The molecule has 1 atom stereocenters. The van der Waals surface area contributed by atoms with Gasteiger partial charge in [-0.3, -0.25) is 4.90 Å². The Labute approximate surface area is 68.8 Å². The van der Waals surface area contributed by atoms with Crippen LogP contribution in [0.4, 0.5) is 0 Å². The average molecular weight is 155 g/mol. The molecule has 11 heavy (non-hydrogen) atoms. The lowest BCUT2D eigenvalue weighted by Crippen LogP contribution is -2.30. The van der Waals surface area contributed by atoms with Gasteiger partial charge < -0.3 is 4.74 Å². The van der Waals surface area contributed by atoms with Gasteiger partial charge in [-0.05, 0) is 33.4 Å². The van der Waals surface area contributed by atoms with E-state index in [1.165, 1.54) is 5.57 Å². The van der Waals surface area contributed by atoms with Crippen molar-refractivity contribution in [1.82, 2.24) is 4.90 Å². The molecular formula is C9H17NO. The summed E-state index contributed by atoms with van der Waals surface area (Å²) >= 11 is 0. The summed E-state index contributed by atoms with van der Waals surface area (Å²) in [5, 5.41) is 0. The fraction of sp³-hybridized carbons (Fsp3) is 0.778. The van der Waals surface area contributed by atoms with Crippen LogP contribution in [0.25, 0.3) is 0 Å². The smallest absolute Gasteiger partial charge is 0.100 e. The van der Waals surface area contributed by atoms with E-state index >= 15 is 0 Å². The van der Waals surface area contributed by atoms with Gasteiger partial charge in [0.05, 0.1) is 5.76 Å². The average Bonchev–Trinajstić information content (AvgIpc) is 2.07. The van der Waals surface area contributed by atoms with Crippen molar-refractivity contribution in [3.63, 3.8) is 0 Å². The van der Waals surface area contributed by atoms with E-state index in [0.717, 1.165) is 18.9 Å². The van der Waals surface area contributed by atoms with E-state index in [2.05, 4.69) is 25.8 Å². The molecule has 0 saturated carbocycles. The summed E-state index contributed by atoms with van der Waals surface area (Å²) in [4.78, 5) is 2.31. The quantitative estimate of drug-likeness (QED) is 0.527. The molecule has 0 fully saturated rings. The Morgan fingerprint density at radius 2 is 2.09 bits per heavy atom. The van der Waals surface area contributed by atoms with Crippen molar-refractivity contribution >= 4 is 0 Å². The van der Waals surface area contributed by atoms with Gasteiger partial charge in [0, 0.05) is 12.6 Å². The van der Waals surface area contributed by atoms with E-state index < -0.39 is 0 Å². The highest BCUT2D eigenvalue weighted by molar-refractivity contribution is 5.11. The highest BCUT2D eigenvalue weighted by Gasteiger charge is 2.16. The van der Waals surface area contributed by atoms with Crippen molar-refractivity contribution in [2.75, 3.05) is 20.2 Å². The predicted octanol–water partition coefficient (Wildman–Crippen LogP) is 1.63. The van der Waals surface area contributed by atoms with Crippen LogP contribution in [0.5, 0.6) is 0 Å². The summed E-state index contributed by atoms with van der Waals surface area (Å²) in [5.74, 6) is 1.10. The Balaban J connectivity index is 2.78. The summed E-state index contributed by atoms with van der Waals surface area (Å²) in [6.45, 7) is 8.25. The summed E-state index contributed by atoms with van der Waals surface area (Å²) in [6, 6.07) is 0.525. The molecule has 0 spiro atoms. The molecule has 2 heteroatoms. The summed E-state index contributed by atoms with van der Waals surface area (Å²) in [6.07, 6.45) is 0. The largest absolute Gasteiger partial charge is 0.497 e. The number of rotatable bonds is 0. The molecule has 1 heterocycles. The second kappa shape index (κ2) is 3.26. The first-order valence-corrected chi connectivity index (χ1v) is 4.13. The monoisotopic (exact) mass is 155 g/mol. The molecule has 0 aliphatic carbocycles. The first-order valence-electron chi connectivity index (χ1n) is 4.13. The van der Waals surface area contributed by atoms with Crippen molar-refractivity contribution < 1.29 is 4.74 Å². The fourth-order valence-electron chi connectivity index (χ4n) is 1.27. The van der Waals surface area contributed by atoms with Crippen molar-refractivity contribution in [3.8, 4) is 0 Å². The first-order chi connectivity index (χ1) is 5.13. The Kier molecular flexibility index (Phi) is 2.55. The molecule has 0 saturated heterocycles. The van der Waals surface area contributed by atoms with Gasteiger partial charge in [0.25, 0.3) is 0 Å². The zero-order chi connectivity index (χ0) is 8.43. The van der Waals surface area contributed by atoms with E-state index in [9.17, 15) is 0 Å². The third-order valence-corrected chi connectivity index (χ3v) is 2.61. The first kappa shape index (κ1) is 8.60. The maximum atomic E-state index is 5.49. The van der Waals surface area contributed by atoms with E-state index in [1.54, 1.807) is 0 Å². The van der Waals surface area contributed by atoms with Gasteiger partial charge in [-0.2, -0.15) is 0 Å². The summed E-state index contributed by atoms with van der Waals surface area (Å²) < 4.78 is 5.49. The van der Waals surface area contributed by atoms with Crippen LogP contribution in [0.1, 0.15) is 20.8 Å². The molecule has 1 unspecified atom stereocenters. The van der Waals surface area contributed by atoms with Crippen LogP contribution >= 0.6 is 0 Å². The second-order valence-electron chi connectivity index (χ2n) is 3.24. The van der Waals surface area contributed by atoms with Crippen molar-refractivity contribution in [3.05, 3.63) is 11.3 Å². The SMILES string of the molecule is CC1=C(C)C(C)N(C)CCO1. The zero-order valence-corrected chi connectivity index (χ0v) is 7.85. The van der Waals surface area contributed by atoms with Gasteiger partial charge in [-0.1, -0.05) is 0 Å². The maximum absolute atomic E-state index is 5.49. The summed E-state index contributed by atoms with van der Waals surface area (Å²) in [5.41, 5.74) is 1.35. The van der Waals surface area contributed by atoms with Crippen LogP contribution in [-0.4, -0.2) is 31.1 Å². The number of hydrogen-bond donors (Lipinski definition) is 0. The van der Waals surface area contributed by atoms with Crippen LogP contribution in [0.2, 0.25) is 0 Å². The second-order valence-corrected chi connectivity index (χ2v) is 3.24. The number of hydrogen-bond acceptors (Lipinski definition) is 2. The van der Waals surface area contributed by atoms with Gasteiger partial charge in [-0.15, -0.1) is 0 Å². The minimum atomic E-state index is 0.525. The Morgan fingerprint density at radius 1 is 1.45 bits per heavy atom. The van der Waals surface area contributed by atoms with Crippen LogP contribution in [0.3, 0.4) is 0 Å². The molecule has 2 nitrogen and oxygen atoms in total. The molecule has 1 aliphatic rings. The van der Waals surface area contributed by atoms with Crippen LogP contribution in [0.15, 0.2) is 11.3 Å². The lowest BCUT2D eigenvalue weighted by molar-refractivity contribution is 0.186. The number of ether oxygens (including phenoxy) is 1. The molecule has 0 aromatic carbocycles. The van der Waals surface area contributed by atoms with Gasteiger partial charge in [0.1, 0.15) is 6.61 Å². The Hall–Kier alpha value is -0.500. The topological polar surface area (TPSA) is 12.5 Å². The standard InChI is InChI=1S/C9H17NO/c1-7-8(2)10(4)5-6-11-9(7)3/h8H,5-6H2,1-4H3. The van der Waals surface area contributed by atoms with Crippen molar-refractivity contribution in [2.24, 2.45) is 0 Å². The predicted molar refractivity (Wildman–Crippen MR) is 46.4 cm³/mol. The number of nitrogens with zero attached hydrogens (tertiary/aromatic N) is 1. The van der Waals surface area contributed by atoms with Gasteiger partial charge in [-0.25, -0.2) is 0 Å². The van der Waals surface area contributed by atoms with Crippen LogP contribution < -0.4 is 0 Å². The van der Waals surface area contributed by atoms with Crippen molar-refractivity contribution in [1.29, 1.82) is 0 Å². The van der Waals surface area contributed by atoms with E-state index in [4.69, 9.17) is 4.74 Å². The molecule has 0 bridgehead atoms. The van der Waals surface area contributed by atoms with E-state index in [0.29, 0.717) is 6.04 Å². The third kappa shape index (κ3) is 1.74. The van der Waals surface area contributed by atoms with Gasteiger partial charge in [0.2, 0.25) is 0 Å². The number of allylic oxidation sites excluding steroid dienone is 1. The highest BCUT2D eigenvalue weighted by Crippen LogP contribution is 2.16. The van der Waals surface area contributed by atoms with E-state index in [-0.39, 0.29) is 0 Å². The molecule has 0 N–H and O–H groups in total. The normalized spacial score (nSPS) is 28.2. The Morgan fingerprint density at radius 3 is 2.73 bits per heavy atom. The molecular weight excluding hydrogens is 138 g/mol. The van der Waals surface area contributed by atoms with Gasteiger partial charge in [0.15, 0.2) is 0 Å². The Bertz CT molecular complexity index is 174. The lowest BCUT2D eigenvalue weighted by Gasteiger charge is -2.21. The molecule has 1 aliphatic heterocycles. The maximum Gasteiger partial charge on any atom is 0.100 e. The van der Waals surface area contributed by atoms with Crippen LogP contribution in [0, 0.1) is 0 Å². The van der Waals surface area contributed by atoms with Gasteiger partial charge >= 0.3 is 0 Å². The molecule has 0 radical (unpaired) electrons. The zero-order valence-electron chi connectivity index (χ0n) is 7.85. The molecule has 64 valence electrons. The third-order valence-electron chi connectivity index (χ3n) is 2.61. The van der Waals surface area contributed by atoms with E-state index in [1.807, 2.05) is 6.92 Å². The lowest BCUT2D eigenvalue weighted by atomic mass is 10.1. The van der Waals surface area contributed by atoms with Crippen molar-refractivity contribution in [2.45, 2.75) is 26.8 Å². The molecule has 1 rings (SSSR count). The number of likely N-dealkylation sites (N-methyl/N-ethyl adjacent to an activating group) is 1. The fourth-order valence-corrected chi connectivity index (χ4v) is 1.27. The minimum Gasteiger partial charge on any atom is -0.497 e. The molecule has 0 aromatic rings. The molecule has 0 aromatic heterocycles. The summed E-state index contributed by atoms with van der Waals surface area (Å²) in [7, 11) is 2.14. The van der Waals surface area contributed by atoms with Crippen LogP contribution in [-0.2, 0) is 4.74 Å². The minimum absolute atomic E-state index is 0.525. The highest BCUT2D eigenvalue weighted by atomic mass is 16.5. The molecule has 0 amide bonds.